The number of carbonyl (C=O) groups is 2. The number of phosphoric ester groups is 1. The molecular formula is C50H93NO9P+. The van der Waals surface area contributed by atoms with E-state index in [9.17, 15) is 19.0 Å². The molecule has 3 unspecified atom stereocenters. The first kappa shape index (κ1) is 57.2. The monoisotopic (exact) mass is 883 g/mol. The Morgan fingerprint density at radius 3 is 1.66 bits per heavy atom. The van der Waals surface area contributed by atoms with Crippen LogP contribution in [0, 0.1) is 0 Å². The Hall–Kier alpha value is -1.81. The van der Waals surface area contributed by atoms with Gasteiger partial charge in [0.15, 0.2) is 6.10 Å². The predicted octanol–water partition coefficient (Wildman–Crippen LogP) is 13.5. The number of carbonyl (C=O) groups excluding carboxylic acids is 2. The summed E-state index contributed by atoms with van der Waals surface area (Å²) < 4.78 is 40.1. The van der Waals surface area contributed by atoms with Gasteiger partial charge in [0.25, 0.3) is 0 Å². The largest absolute Gasteiger partial charge is 0.472 e. The summed E-state index contributed by atoms with van der Waals surface area (Å²) in [5.41, 5.74) is 0. The topological polar surface area (TPSA) is 121 Å². The second-order valence-electron chi connectivity index (χ2n) is 18.2. The molecule has 0 radical (unpaired) electrons. The van der Waals surface area contributed by atoms with E-state index in [0.717, 1.165) is 38.5 Å². The van der Waals surface area contributed by atoms with Crippen molar-refractivity contribution in [2.45, 2.75) is 225 Å². The van der Waals surface area contributed by atoms with E-state index in [1.165, 1.54) is 128 Å². The van der Waals surface area contributed by atoms with Crippen LogP contribution in [0.2, 0.25) is 0 Å². The van der Waals surface area contributed by atoms with E-state index in [0.29, 0.717) is 36.1 Å². The Bertz CT molecular complexity index is 1200. The highest BCUT2D eigenvalue weighted by Gasteiger charge is 2.36. The molecule has 0 amide bonds. The smallest absolute Gasteiger partial charge is 0.462 e. The number of ether oxygens (including phenoxy) is 3. The average molecular weight is 883 g/mol. The van der Waals surface area contributed by atoms with Gasteiger partial charge in [-0.15, -0.1) is 0 Å². The van der Waals surface area contributed by atoms with E-state index < -0.39 is 26.5 Å². The number of esters is 2. The van der Waals surface area contributed by atoms with Crippen molar-refractivity contribution in [3.05, 3.63) is 36.5 Å². The third-order valence-electron chi connectivity index (χ3n) is 11.1. The summed E-state index contributed by atoms with van der Waals surface area (Å²) >= 11 is 0. The van der Waals surface area contributed by atoms with Gasteiger partial charge in [-0.25, -0.2) is 4.57 Å². The number of rotatable bonds is 44. The number of unbranched alkanes of at least 4 members (excludes halogenated alkanes) is 21. The van der Waals surface area contributed by atoms with Crippen molar-refractivity contribution in [2.75, 3.05) is 47.5 Å². The summed E-state index contributed by atoms with van der Waals surface area (Å²) in [5, 5.41) is 0. The highest BCUT2D eigenvalue weighted by atomic mass is 31.2. The van der Waals surface area contributed by atoms with Crippen molar-refractivity contribution in [1.82, 2.24) is 0 Å². The molecule has 1 aliphatic heterocycles. The summed E-state index contributed by atoms with van der Waals surface area (Å²) in [6.07, 6.45) is 46.6. The quantitative estimate of drug-likeness (QED) is 0.0159. The van der Waals surface area contributed by atoms with Gasteiger partial charge in [-0.05, 0) is 44.9 Å². The predicted molar refractivity (Wildman–Crippen MR) is 251 cm³/mol. The second kappa shape index (κ2) is 38.6. The van der Waals surface area contributed by atoms with Crippen LogP contribution >= 0.6 is 7.82 Å². The number of hydrogen-bond donors (Lipinski definition) is 1. The first-order valence-corrected chi connectivity index (χ1v) is 26.3. The van der Waals surface area contributed by atoms with Gasteiger partial charge >= 0.3 is 19.8 Å². The molecule has 0 aliphatic carbocycles. The van der Waals surface area contributed by atoms with Gasteiger partial charge in [0, 0.05) is 12.8 Å². The maximum atomic E-state index is 12.7. The molecule has 61 heavy (non-hydrogen) atoms. The third-order valence-corrected chi connectivity index (χ3v) is 12.1. The van der Waals surface area contributed by atoms with Crippen LogP contribution in [-0.4, -0.2) is 87.1 Å². The van der Waals surface area contributed by atoms with Crippen molar-refractivity contribution in [2.24, 2.45) is 0 Å². The van der Waals surface area contributed by atoms with E-state index >= 15 is 0 Å². The lowest BCUT2D eigenvalue weighted by Crippen LogP contribution is -2.37. The van der Waals surface area contributed by atoms with Crippen LogP contribution < -0.4 is 0 Å². The molecule has 0 spiro atoms. The van der Waals surface area contributed by atoms with Crippen molar-refractivity contribution >= 4 is 19.8 Å². The zero-order valence-electron chi connectivity index (χ0n) is 39.8. The van der Waals surface area contributed by atoms with Crippen LogP contribution in [0.5, 0.6) is 0 Å². The standard InChI is InChI=1S/C50H92NO9P/c1-6-8-10-11-12-13-14-15-16-17-18-19-20-21-22-26-29-32-36-40-49(52)56-44-46(45-58-61(54,55)57-43-42-51(3,4)5)59-50(53)41-37-33-30-27-24-23-25-28-31-35-39-48-47(60-48)38-34-9-7-2/h23,25,27,30-31,35,46-48H,6-22,24,26,28-29,32-34,36-45H2,1-5H3/p+1/b25-23-,30-27-,35-31-/t46-,47?,48?/m1/s1. The molecule has 11 heteroatoms. The molecule has 1 saturated heterocycles. The fourth-order valence-electron chi connectivity index (χ4n) is 7.10. The number of epoxide rings is 1. The minimum Gasteiger partial charge on any atom is -0.462 e. The maximum absolute atomic E-state index is 12.7. The Labute approximate surface area is 374 Å². The molecule has 0 aromatic carbocycles. The molecular weight excluding hydrogens is 790 g/mol. The molecule has 1 aliphatic rings. The number of phosphoric acid groups is 1. The van der Waals surface area contributed by atoms with Gasteiger partial charge in [0.05, 0.1) is 40.0 Å². The summed E-state index contributed by atoms with van der Waals surface area (Å²) in [4.78, 5) is 35.5. The zero-order valence-corrected chi connectivity index (χ0v) is 40.7. The number of allylic oxidation sites excluding steroid dienone is 5. The van der Waals surface area contributed by atoms with Crippen LogP contribution in [0.1, 0.15) is 206 Å². The Morgan fingerprint density at radius 1 is 0.607 bits per heavy atom. The van der Waals surface area contributed by atoms with E-state index in [1.807, 2.05) is 21.1 Å². The van der Waals surface area contributed by atoms with Gasteiger partial charge < -0.3 is 23.6 Å². The molecule has 1 rings (SSSR count). The van der Waals surface area contributed by atoms with Crippen LogP contribution in [0.4, 0.5) is 0 Å². The highest BCUT2D eigenvalue weighted by molar-refractivity contribution is 7.47. The molecule has 0 bridgehead atoms. The van der Waals surface area contributed by atoms with Crippen LogP contribution in [-0.2, 0) is 37.4 Å². The fourth-order valence-corrected chi connectivity index (χ4v) is 7.84. The van der Waals surface area contributed by atoms with Crippen LogP contribution in [0.25, 0.3) is 0 Å². The van der Waals surface area contributed by atoms with Crippen LogP contribution in [0.3, 0.4) is 0 Å². The van der Waals surface area contributed by atoms with E-state index in [2.05, 4.69) is 50.3 Å². The Morgan fingerprint density at radius 2 is 1.10 bits per heavy atom. The van der Waals surface area contributed by atoms with E-state index in [4.69, 9.17) is 23.3 Å². The molecule has 356 valence electrons. The van der Waals surface area contributed by atoms with Crippen molar-refractivity contribution < 1.29 is 46.8 Å². The molecule has 0 aromatic rings. The molecule has 10 nitrogen and oxygen atoms in total. The Balaban J connectivity index is 2.25. The molecule has 1 heterocycles. The number of hydrogen-bond acceptors (Lipinski definition) is 8. The van der Waals surface area contributed by atoms with Crippen molar-refractivity contribution in [3.8, 4) is 0 Å². The number of nitrogens with zero attached hydrogens (tertiary/aromatic N) is 1. The normalized spacial score (nSPS) is 17.1. The molecule has 1 N–H and O–H groups in total. The lowest BCUT2D eigenvalue weighted by molar-refractivity contribution is -0.870. The van der Waals surface area contributed by atoms with Gasteiger partial charge in [-0.3, -0.25) is 18.6 Å². The van der Waals surface area contributed by atoms with Gasteiger partial charge in [0.2, 0.25) is 0 Å². The summed E-state index contributed by atoms with van der Waals surface area (Å²) in [7, 11) is 1.44. The summed E-state index contributed by atoms with van der Waals surface area (Å²) in [6, 6.07) is 0. The second-order valence-corrected chi connectivity index (χ2v) is 19.7. The average Bonchev–Trinajstić information content (AvgIpc) is 3.97. The lowest BCUT2D eigenvalue weighted by atomic mass is 10.0. The first-order chi connectivity index (χ1) is 29.5. The van der Waals surface area contributed by atoms with Gasteiger partial charge in [-0.2, -0.15) is 0 Å². The lowest BCUT2D eigenvalue weighted by Gasteiger charge is -2.24. The minimum atomic E-state index is -4.40. The van der Waals surface area contributed by atoms with Crippen LogP contribution in [0.15, 0.2) is 36.5 Å². The molecule has 1 fully saturated rings. The molecule has 0 saturated carbocycles. The molecule has 0 aromatic heterocycles. The number of quaternary nitrogens is 1. The summed E-state index contributed by atoms with van der Waals surface area (Å²) in [6.45, 7) is 4.35. The van der Waals surface area contributed by atoms with Crippen molar-refractivity contribution in [3.63, 3.8) is 0 Å². The first-order valence-electron chi connectivity index (χ1n) is 24.8. The van der Waals surface area contributed by atoms with Crippen molar-refractivity contribution in [1.29, 1.82) is 0 Å². The van der Waals surface area contributed by atoms with Gasteiger partial charge in [-0.1, -0.05) is 185 Å². The fraction of sp³-hybridized carbons (Fsp3) is 0.840. The number of likely N-dealkylation sites (N-methyl/N-ethyl adjacent to an activating group) is 1. The van der Waals surface area contributed by atoms with E-state index in [1.54, 1.807) is 0 Å². The minimum absolute atomic E-state index is 0.0202. The van der Waals surface area contributed by atoms with E-state index in [-0.39, 0.29) is 32.0 Å². The highest BCUT2D eigenvalue weighted by Crippen LogP contribution is 2.43. The summed E-state index contributed by atoms with van der Waals surface area (Å²) in [5.74, 6) is -0.861. The molecule has 4 atom stereocenters. The maximum Gasteiger partial charge on any atom is 0.472 e. The third kappa shape index (κ3) is 39.5. The zero-order chi connectivity index (χ0) is 44.7. The Kier molecular flexibility index (Phi) is 36.2. The SMILES string of the molecule is CCCCCCCCCCCCCCCCCCCCCC(=O)OC[C@H](COP(=O)(O)OCC[N+](C)(C)C)OC(=O)CCC/C=C\C/C=C\C/C=C\CC1OC1CCCCC. The van der Waals surface area contributed by atoms with Gasteiger partial charge in [0.1, 0.15) is 19.8 Å².